The summed E-state index contributed by atoms with van der Waals surface area (Å²) in [5, 5.41) is 7.97. The third kappa shape index (κ3) is 3.50. The Labute approximate surface area is 140 Å². The monoisotopic (exact) mass is 337 g/mol. The van der Waals surface area contributed by atoms with Gasteiger partial charge in [0.1, 0.15) is 5.00 Å². The number of carbonyl (C=O) groups is 2. The normalized spacial score (nSPS) is 22.1. The molecule has 0 spiro atoms. The molecule has 23 heavy (non-hydrogen) atoms. The highest BCUT2D eigenvalue weighted by atomic mass is 32.1. The molecule has 1 aromatic rings. The van der Waals surface area contributed by atoms with Crippen molar-refractivity contribution in [3.63, 3.8) is 0 Å². The molecule has 1 atom stereocenters. The Hall–Kier alpha value is -1.60. The molecule has 1 unspecified atom stereocenters. The van der Waals surface area contributed by atoms with Crippen LogP contribution >= 0.6 is 11.3 Å². The number of nitrogens with one attached hydrogen (secondary N) is 2. The van der Waals surface area contributed by atoms with E-state index >= 15 is 0 Å². The number of rotatable bonds is 3. The standard InChI is InChI=1S/C16H23N3O3S/c1-17-14(20)12-6-10-23-15(12)18-16(21)19-7-2-3-13(19)11-4-8-22-9-5-11/h6,10-11,13H,2-5,7-9H2,1H3,(H,17,20)(H,18,21). The van der Waals surface area contributed by atoms with Gasteiger partial charge in [0.25, 0.3) is 5.91 Å². The Morgan fingerprint density at radius 2 is 2.09 bits per heavy atom. The van der Waals surface area contributed by atoms with Crippen LogP contribution in [0.1, 0.15) is 36.0 Å². The van der Waals surface area contributed by atoms with Crippen LogP contribution in [0.4, 0.5) is 9.80 Å². The maximum atomic E-state index is 12.7. The molecule has 2 saturated heterocycles. The molecule has 126 valence electrons. The largest absolute Gasteiger partial charge is 0.381 e. The van der Waals surface area contributed by atoms with Gasteiger partial charge in [-0.05, 0) is 43.0 Å². The maximum absolute atomic E-state index is 12.7. The molecular weight excluding hydrogens is 314 g/mol. The van der Waals surface area contributed by atoms with Gasteiger partial charge in [-0.25, -0.2) is 4.79 Å². The fourth-order valence-electron chi connectivity index (χ4n) is 3.52. The van der Waals surface area contributed by atoms with Crippen molar-refractivity contribution in [2.75, 3.05) is 32.1 Å². The van der Waals surface area contributed by atoms with Crippen molar-refractivity contribution in [3.05, 3.63) is 17.0 Å². The minimum Gasteiger partial charge on any atom is -0.381 e. The second-order valence-corrected chi connectivity index (χ2v) is 6.94. The molecule has 2 fully saturated rings. The molecule has 0 saturated carbocycles. The Bertz CT molecular complexity index is 569. The SMILES string of the molecule is CNC(=O)c1ccsc1NC(=O)N1CCCC1C1CCOCC1. The highest BCUT2D eigenvalue weighted by molar-refractivity contribution is 7.14. The Balaban J connectivity index is 1.67. The molecule has 2 aliphatic heterocycles. The van der Waals surface area contributed by atoms with Crippen molar-refractivity contribution in [2.45, 2.75) is 31.7 Å². The van der Waals surface area contributed by atoms with Crippen molar-refractivity contribution >= 4 is 28.3 Å². The number of anilines is 1. The van der Waals surface area contributed by atoms with Crippen molar-refractivity contribution in [1.82, 2.24) is 10.2 Å². The zero-order valence-corrected chi connectivity index (χ0v) is 14.2. The van der Waals surface area contributed by atoms with Gasteiger partial charge in [-0.1, -0.05) is 0 Å². The highest BCUT2D eigenvalue weighted by Gasteiger charge is 2.35. The van der Waals surface area contributed by atoms with Crippen LogP contribution in [0, 0.1) is 5.92 Å². The van der Waals surface area contributed by atoms with Crippen molar-refractivity contribution in [1.29, 1.82) is 0 Å². The summed E-state index contributed by atoms with van der Waals surface area (Å²) in [4.78, 5) is 26.5. The van der Waals surface area contributed by atoms with Crippen LogP contribution in [-0.2, 0) is 4.74 Å². The molecule has 0 bridgehead atoms. The summed E-state index contributed by atoms with van der Waals surface area (Å²) in [6.07, 6.45) is 4.15. The summed E-state index contributed by atoms with van der Waals surface area (Å²) in [6.45, 7) is 2.37. The quantitative estimate of drug-likeness (QED) is 0.890. The number of hydrogen-bond donors (Lipinski definition) is 2. The van der Waals surface area contributed by atoms with Crippen LogP contribution < -0.4 is 10.6 Å². The van der Waals surface area contributed by atoms with Crippen molar-refractivity contribution in [2.24, 2.45) is 5.92 Å². The van der Waals surface area contributed by atoms with E-state index in [4.69, 9.17) is 4.74 Å². The summed E-state index contributed by atoms with van der Waals surface area (Å²) >= 11 is 1.38. The molecule has 7 heteroatoms. The summed E-state index contributed by atoms with van der Waals surface area (Å²) in [5.41, 5.74) is 0.521. The Kier molecular flexibility index (Phi) is 5.17. The molecule has 2 N–H and O–H groups in total. The number of hydrogen-bond acceptors (Lipinski definition) is 4. The van der Waals surface area contributed by atoms with Gasteiger partial charge in [-0.15, -0.1) is 11.3 Å². The minimum absolute atomic E-state index is 0.0911. The molecule has 6 nitrogen and oxygen atoms in total. The average Bonchev–Trinajstić information content (AvgIpc) is 3.24. The first-order valence-electron chi connectivity index (χ1n) is 8.15. The molecule has 0 aromatic carbocycles. The molecule has 3 amide bonds. The number of thiophene rings is 1. The minimum atomic E-state index is -0.177. The van der Waals surface area contributed by atoms with Crippen molar-refractivity contribution < 1.29 is 14.3 Å². The Morgan fingerprint density at radius 3 is 2.83 bits per heavy atom. The van der Waals surface area contributed by atoms with E-state index in [0.29, 0.717) is 22.5 Å². The van der Waals surface area contributed by atoms with Gasteiger partial charge in [0, 0.05) is 32.8 Å². The summed E-state index contributed by atoms with van der Waals surface area (Å²) in [7, 11) is 1.59. The van der Waals surface area contributed by atoms with Crippen LogP contribution in [0.25, 0.3) is 0 Å². The molecule has 0 aliphatic carbocycles. The van der Waals surface area contributed by atoms with Crippen LogP contribution in [0.15, 0.2) is 11.4 Å². The first-order chi connectivity index (χ1) is 11.2. The lowest BCUT2D eigenvalue weighted by Gasteiger charge is -2.33. The maximum Gasteiger partial charge on any atom is 0.322 e. The number of urea groups is 1. The van der Waals surface area contributed by atoms with Gasteiger partial charge >= 0.3 is 6.03 Å². The number of ether oxygens (including phenoxy) is 1. The van der Waals surface area contributed by atoms with Gasteiger partial charge in [-0.2, -0.15) is 0 Å². The predicted octanol–water partition coefficient (Wildman–Crippen LogP) is 2.53. The average molecular weight is 337 g/mol. The van der Waals surface area contributed by atoms with Crippen LogP contribution in [0.3, 0.4) is 0 Å². The fraction of sp³-hybridized carbons (Fsp3) is 0.625. The molecule has 1 aromatic heterocycles. The van der Waals surface area contributed by atoms with Crippen LogP contribution in [0.5, 0.6) is 0 Å². The summed E-state index contributed by atoms with van der Waals surface area (Å²) in [6, 6.07) is 1.94. The number of amides is 3. The molecule has 3 heterocycles. The summed E-state index contributed by atoms with van der Waals surface area (Å²) in [5.74, 6) is 0.350. The number of likely N-dealkylation sites (tertiary alicyclic amines) is 1. The Morgan fingerprint density at radius 1 is 1.30 bits per heavy atom. The van der Waals surface area contributed by atoms with Gasteiger partial charge in [0.15, 0.2) is 0 Å². The first kappa shape index (κ1) is 16.3. The molecule has 2 aliphatic rings. The van der Waals surface area contributed by atoms with E-state index in [2.05, 4.69) is 10.6 Å². The van der Waals surface area contributed by atoms with E-state index in [1.807, 2.05) is 10.3 Å². The lowest BCUT2D eigenvalue weighted by atomic mass is 9.90. The number of nitrogens with zero attached hydrogens (tertiary/aromatic N) is 1. The van der Waals surface area contributed by atoms with Crippen LogP contribution in [-0.4, -0.2) is 49.7 Å². The highest BCUT2D eigenvalue weighted by Crippen LogP contribution is 2.32. The first-order valence-corrected chi connectivity index (χ1v) is 9.03. The van der Waals surface area contributed by atoms with E-state index in [1.54, 1.807) is 13.1 Å². The predicted molar refractivity (Wildman–Crippen MR) is 90.0 cm³/mol. The van der Waals surface area contributed by atoms with Gasteiger partial charge in [0.2, 0.25) is 0 Å². The van der Waals surface area contributed by atoms with E-state index < -0.39 is 0 Å². The lowest BCUT2D eigenvalue weighted by Crippen LogP contribution is -2.44. The smallest absolute Gasteiger partial charge is 0.322 e. The van der Waals surface area contributed by atoms with E-state index in [1.165, 1.54) is 11.3 Å². The number of carbonyl (C=O) groups excluding carboxylic acids is 2. The van der Waals surface area contributed by atoms with Crippen molar-refractivity contribution in [3.8, 4) is 0 Å². The van der Waals surface area contributed by atoms with Gasteiger partial charge in [-0.3, -0.25) is 10.1 Å². The van der Waals surface area contributed by atoms with Gasteiger partial charge < -0.3 is 15.0 Å². The van der Waals surface area contributed by atoms with Crippen LogP contribution in [0.2, 0.25) is 0 Å². The third-order valence-electron chi connectivity index (χ3n) is 4.73. The third-order valence-corrected chi connectivity index (χ3v) is 5.56. The van der Waals surface area contributed by atoms with E-state index in [0.717, 1.165) is 45.4 Å². The molecule has 3 rings (SSSR count). The second-order valence-electron chi connectivity index (χ2n) is 6.03. The summed E-state index contributed by atoms with van der Waals surface area (Å²) < 4.78 is 5.43. The molecule has 0 radical (unpaired) electrons. The fourth-order valence-corrected chi connectivity index (χ4v) is 4.30. The lowest BCUT2D eigenvalue weighted by molar-refractivity contribution is 0.0429. The van der Waals surface area contributed by atoms with E-state index in [-0.39, 0.29) is 11.9 Å². The second kappa shape index (κ2) is 7.31. The zero-order chi connectivity index (χ0) is 16.2. The van der Waals surface area contributed by atoms with E-state index in [9.17, 15) is 9.59 Å². The topological polar surface area (TPSA) is 70.7 Å². The molecular formula is C16H23N3O3S. The van der Waals surface area contributed by atoms with Gasteiger partial charge in [0.05, 0.1) is 5.56 Å². The zero-order valence-electron chi connectivity index (χ0n) is 13.3.